The van der Waals surface area contributed by atoms with Crippen LogP contribution in [0.4, 0.5) is 0 Å². The molecule has 2 rings (SSSR count). The van der Waals surface area contributed by atoms with E-state index in [-0.39, 0.29) is 6.04 Å². The van der Waals surface area contributed by atoms with Crippen molar-refractivity contribution >= 4 is 21.6 Å². The van der Waals surface area contributed by atoms with Crippen molar-refractivity contribution in [3.05, 3.63) is 0 Å². The SMILES string of the molecule is CC1(CNC2CS(=O)(=O)C2)CCCS1. The van der Waals surface area contributed by atoms with Gasteiger partial charge in [-0.1, -0.05) is 0 Å². The molecule has 82 valence electrons. The van der Waals surface area contributed by atoms with Gasteiger partial charge in [-0.15, -0.1) is 0 Å². The maximum atomic E-state index is 10.9. The summed E-state index contributed by atoms with van der Waals surface area (Å²) < 4.78 is 22.2. The van der Waals surface area contributed by atoms with E-state index in [1.54, 1.807) is 0 Å². The maximum absolute atomic E-state index is 10.9. The molecule has 0 aromatic heterocycles. The fourth-order valence-electron chi connectivity index (χ4n) is 2.02. The van der Waals surface area contributed by atoms with Crippen LogP contribution in [0.25, 0.3) is 0 Å². The number of nitrogens with one attached hydrogen (secondary N) is 1. The standard InChI is InChI=1S/C9H17NO2S2/c1-9(3-2-4-13-9)7-10-8-5-14(11,12)6-8/h8,10H,2-7H2,1H3. The Balaban J connectivity index is 1.73. The molecule has 2 saturated heterocycles. The van der Waals surface area contributed by atoms with Crippen molar-refractivity contribution in [2.75, 3.05) is 23.8 Å². The molecule has 0 spiro atoms. The molecule has 2 aliphatic heterocycles. The molecular weight excluding hydrogens is 218 g/mol. The molecule has 3 nitrogen and oxygen atoms in total. The molecule has 2 fully saturated rings. The molecule has 0 aromatic rings. The summed E-state index contributed by atoms with van der Waals surface area (Å²) in [5.74, 6) is 1.93. The van der Waals surface area contributed by atoms with Crippen LogP contribution in [0.5, 0.6) is 0 Å². The molecule has 14 heavy (non-hydrogen) atoms. The molecule has 2 heterocycles. The molecule has 1 N–H and O–H groups in total. The minimum atomic E-state index is -2.67. The van der Waals surface area contributed by atoms with Gasteiger partial charge >= 0.3 is 0 Å². The predicted molar refractivity (Wildman–Crippen MR) is 60.5 cm³/mol. The van der Waals surface area contributed by atoms with Crippen molar-refractivity contribution in [3.63, 3.8) is 0 Å². The summed E-state index contributed by atoms with van der Waals surface area (Å²) in [7, 11) is -2.67. The molecule has 2 aliphatic rings. The lowest BCUT2D eigenvalue weighted by atomic mass is 10.1. The lowest BCUT2D eigenvalue weighted by Gasteiger charge is -2.31. The first-order valence-corrected chi connectivity index (χ1v) is 7.88. The van der Waals surface area contributed by atoms with E-state index in [2.05, 4.69) is 12.2 Å². The molecule has 0 aromatic carbocycles. The van der Waals surface area contributed by atoms with E-state index in [1.807, 2.05) is 11.8 Å². The second kappa shape index (κ2) is 3.68. The normalized spacial score (nSPS) is 36.9. The zero-order valence-corrected chi connectivity index (χ0v) is 10.1. The monoisotopic (exact) mass is 235 g/mol. The Morgan fingerprint density at radius 1 is 1.50 bits per heavy atom. The van der Waals surface area contributed by atoms with Gasteiger partial charge in [0.2, 0.25) is 0 Å². The third kappa shape index (κ3) is 2.44. The quantitative estimate of drug-likeness (QED) is 0.780. The minimum absolute atomic E-state index is 0.220. The second-order valence-corrected chi connectivity index (χ2v) is 8.39. The number of thioether (sulfide) groups is 1. The van der Waals surface area contributed by atoms with Gasteiger partial charge in [-0.2, -0.15) is 11.8 Å². The Labute approximate surface area is 89.9 Å². The Morgan fingerprint density at radius 2 is 2.21 bits per heavy atom. The lowest BCUT2D eigenvalue weighted by Crippen LogP contribution is -2.53. The molecule has 5 heteroatoms. The van der Waals surface area contributed by atoms with E-state index in [1.165, 1.54) is 18.6 Å². The van der Waals surface area contributed by atoms with E-state index in [0.29, 0.717) is 16.3 Å². The van der Waals surface area contributed by atoms with Crippen LogP contribution >= 0.6 is 11.8 Å². The van der Waals surface area contributed by atoms with Crippen LogP contribution in [-0.4, -0.2) is 43.0 Å². The van der Waals surface area contributed by atoms with Gasteiger partial charge in [0.15, 0.2) is 9.84 Å². The van der Waals surface area contributed by atoms with Gasteiger partial charge in [-0.05, 0) is 25.5 Å². The molecule has 0 aliphatic carbocycles. The zero-order valence-electron chi connectivity index (χ0n) is 8.45. The third-order valence-corrected chi connectivity index (χ3v) is 6.33. The van der Waals surface area contributed by atoms with Crippen LogP contribution in [0.1, 0.15) is 19.8 Å². The van der Waals surface area contributed by atoms with Crippen molar-refractivity contribution in [1.29, 1.82) is 0 Å². The van der Waals surface area contributed by atoms with Gasteiger partial charge in [-0.3, -0.25) is 0 Å². The third-order valence-electron chi connectivity index (χ3n) is 2.98. The van der Waals surface area contributed by atoms with Crippen LogP contribution in [0.3, 0.4) is 0 Å². The van der Waals surface area contributed by atoms with E-state index >= 15 is 0 Å². The summed E-state index contributed by atoms with van der Waals surface area (Å²) in [5, 5.41) is 3.36. The first kappa shape index (κ1) is 10.8. The van der Waals surface area contributed by atoms with Crippen LogP contribution in [0.15, 0.2) is 0 Å². The average Bonchev–Trinajstić information content (AvgIpc) is 2.45. The average molecular weight is 235 g/mol. The van der Waals surface area contributed by atoms with E-state index in [0.717, 1.165) is 6.54 Å². The van der Waals surface area contributed by atoms with Crippen LogP contribution in [0.2, 0.25) is 0 Å². The van der Waals surface area contributed by atoms with Gasteiger partial charge < -0.3 is 5.32 Å². The molecule has 0 saturated carbocycles. The summed E-state index contributed by atoms with van der Waals surface area (Å²) in [6.45, 7) is 3.22. The highest BCUT2D eigenvalue weighted by molar-refractivity contribution is 8.00. The molecule has 0 radical (unpaired) electrons. The highest BCUT2D eigenvalue weighted by Gasteiger charge is 2.36. The maximum Gasteiger partial charge on any atom is 0.153 e. The Hall–Kier alpha value is 0.260. The van der Waals surface area contributed by atoms with Crippen LogP contribution in [-0.2, 0) is 9.84 Å². The first-order valence-electron chi connectivity index (χ1n) is 5.07. The molecular formula is C9H17NO2S2. The molecule has 0 amide bonds. The highest BCUT2D eigenvalue weighted by atomic mass is 32.2. The summed E-state index contributed by atoms with van der Waals surface area (Å²) in [5.41, 5.74) is 0. The van der Waals surface area contributed by atoms with Gasteiger partial charge in [0, 0.05) is 17.3 Å². The van der Waals surface area contributed by atoms with E-state index < -0.39 is 9.84 Å². The largest absolute Gasteiger partial charge is 0.311 e. The van der Waals surface area contributed by atoms with Gasteiger partial charge in [-0.25, -0.2) is 8.42 Å². The summed E-state index contributed by atoms with van der Waals surface area (Å²) in [4.78, 5) is 0. The van der Waals surface area contributed by atoms with Crippen molar-refractivity contribution in [2.24, 2.45) is 0 Å². The smallest absolute Gasteiger partial charge is 0.153 e. The Bertz CT molecular complexity index is 295. The van der Waals surface area contributed by atoms with Crippen molar-refractivity contribution in [3.8, 4) is 0 Å². The number of hydrogen-bond acceptors (Lipinski definition) is 4. The van der Waals surface area contributed by atoms with Crippen LogP contribution in [0, 0.1) is 0 Å². The van der Waals surface area contributed by atoms with E-state index in [4.69, 9.17) is 0 Å². The second-order valence-electron chi connectivity index (χ2n) is 4.56. The summed E-state index contributed by atoms with van der Waals surface area (Å²) >= 11 is 2.01. The number of rotatable bonds is 3. The van der Waals surface area contributed by atoms with Gasteiger partial charge in [0.1, 0.15) is 0 Å². The zero-order chi connectivity index (χ0) is 10.2. The predicted octanol–water partition coefficient (Wildman–Crippen LogP) is 0.659. The van der Waals surface area contributed by atoms with Crippen LogP contribution < -0.4 is 5.32 Å². The fraction of sp³-hybridized carbons (Fsp3) is 1.00. The Kier molecular flexibility index (Phi) is 2.83. The summed E-state index contributed by atoms with van der Waals surface area (Å²) in [6.07, 6.45) is 2.55. The first-order chi connectivity index (χ1) is 6.49. The Morgan fingerprint density at radius 3 is 2.71 bits per heavy atom. The number of hydrogen-bond donors (Lipinski definition) is 1. The molecule has 0 bridgehead atoms. The fourth-order valence-corrected chi connectivity index (χ4v) is 4.64. The van der Waals surface area contributed by atoms with Crippen molar-refractivity contribution in [2.45, 2.75) is 30.6 Å². The van der Waals surface area contributed by atoms with E-state index in [9.17, 15) is 8.42 Å². The molecule has 1 atom stereocenters. The number of sulfone groups is 1. The lowest BCUT2D eigenvalue weighted by molar-refractivity contribution is 0.470. The minimum Gasteiger partial charge on any atom is -0.311 e. The summed E-state index contributed by atoms with van der Waals surface area (Å²) in [6, 6.07) is 0.220. The molecule has 1 unspecified atom stereocenters. The van der Waals surface area contributed by atoms with Crippen molar-refractivity contribution in [1.82, 2.24) is 5.32 Å². The van der Waals surface area contributed by atoms with Gasteiger partial charge in [0.25, 0.3) is 0 Å². The van der Waals surface area contributed by atoms with Crippen molar-refractivity contribution < 1.29 is 8.42 Å². The topological polar surface area (TPSA) is 46.2 Å². The highest BCUT2D eigenvalue weighted by Crippen LogP contribution is 2.37. The van der Waals surface area contributed by atoms with Gasteiger partial charge in [0.05, 0.1) is 11.5 Å².